The summed E-state index contributed by atoms with van der Waals surface area (Å²) < 4.78 is 0. The Labute approximate surface area is 157 Å². The molecule has 1 heterocycles. The summed E-state index contributed by atoms with van der Waals surface area (Å²) in [6.07, 6.45) is 4.43. The number of carbonyl (C=O) groups is 2. The number of hydrogen-bond acceptors (Lipinski definition) is 5. The number of nitro benzene ring substituents is 1. The Morgan fingerprint density at radius 3 is 2.69 bits per heavy atom. The second-order valence-electron chi connectivity index (χ2n) is 6.62. The third kappa shape index (κ3) is 5.45. The predicted octanol–water partition coefficient (Wildman–Crippen LogP) is 2.70. The van der Waals surface area contributed by atoms with Gasteiger partial charge in [0.05, 0.1) is 4.92 Å². The summed E-state index contributed by atoms with van der Waals surface area (Å²) in [5.41, 5.74) is 0.0445. The van der Waals surface area contributed by atoms with Crippen LogP contribution in [0.2, 0.25) is 0 Å². The van der Waals surface area contributed by atoms with Gasteiger partial charge in [0.1, 0.15) is 6.04 Å². The molecule has 8 heteroatoms. The predicted molar refractivity (Wildman–Crippen MR) is 102 cm³/mol. The summed E-state index contributed by atoms with van der Waals surface area (Å²) in [4.78, 5) is 37.5. The van der Waals surface area contributed by atoms with E-state index in [9.17, 15) is 19.7 Å². The Bertz CT molecular complexity index is 660. The molecule has 1 N–H and O–H groups in total. The number of nitro groups is 1. The Morgan fingerprint density at radius 1 is 1.38 bits per heavy atom. The largest absolute Gasteiger partial charge is 0.341 e. The number of non-ortho nitro benzene ring substituents is 1. The van der Waals surface area contributed by atoms with E-state index in [1.54, 1.807) is 11.8 Å². The van der Waals surface area contributed by atoms with Crippen LogP contribution in [0.4, 0.5) is 5.69 Å². The second-order valence-corrected chi connectivity index (χ2v) is 7.61. The van der Waals surface area contributed by atoms with Gasteiger partial charge in [-0.3, -0.25) is 19.7 Å². The maximum atomic E-state index is 12.8. The molecule has 1 aromatic carbocycles. The average Bonchev–Trinajstić information content (AvgIpc) is 2.65. The van der Waals surface area contributed by atoms with Crippen LogP contribution in [-0.4, -0.2) is 52.8 Å². The highest BCUT2D eigenvalue weighted by molar-refractivity contribution is 7.98. The second kappa shape index (κ2) is 9.56. The first-order chi connectivity index (χ1) is 12.4. The summed E-state index contributed by atoms with van der Waals surface area (Å²) in [7, 11) is 0. The third-order valence-corrected chi connectivity index (χ3v) is 5.27. The molecule has 142 valence electrons. The summed E-state index contributed by atoms with van der Waals surface area (Å²) >= 11 is 1.61. The lowest BCUT2D eigenvalue weighted by Gasteiger charge is -2.33. The minimum Gasteiger partial charge on any atom is -0.341 e. The van der Waals surface area contributed by atoms with Crippen LogP contribution in [0.3, 0.4) is 0 Å². The van der Waals surface area contributed by atoms with Crippen LogP contribution in [0.1, 0.15) is 36.5 Å². The lowest BCUT2D eigenvalue weighted by molar-refractivity contribution is -0.384. The smallest absolute Gasteiger partial charge is 0.270 e. The first-order valence-electron chi connectivity index (χ1n) is 8.75. The van der Waals surface area contributed by atoms with Gasteiger partial charge in [-0.25, -0.2) is 0 Å². The van der Waals surface area contributed by atoms with E-state index in [1.807, 2.05) is 11.2 Å². The van der Waals surface area contributed by atoms with Crippen molar-refractivity contribution in [1.29, 1.82) is 0 Å². The average molecular weight is 379 g/mol. The minimum absolute atomic E-state index is 0.0651. The fraction of sp³-hybridized carbons (Fsp3) is 0.556. The van der Waals surface area contributed by atoms with E-state index < -0.39 is 16.9 Å². The zero-order chi connectivity index (χ0) is 19.1. The van der Waals surface area contributed by atoms with Gasteiger partial charge in [-0.15, -0.1) is 0 Å². The topological polar surface area (TPSA) is 92.5 Å². The van der Waals surface area contributed by atoms with Crippen molar-refractivity contribution in [3.8, 4) is 0 Å². The van der Waals surface area contributed by atoms with Crippen LogP contribution in [0.15, 0.2) is 24.3 Å². The van der Waals surface area contributed by atoms with Crippen LogP contribution in [0.25, 0.3) is 0 Å². The van der Waals surface area contributed by atoms with Gasteiger partial charge < -0.3 is 10.2 Å². The van der Waals surface area contributed by atoms with Gasteiger partial charge in [-0.2, -0.15) is 11.8 Å². The monoisotopic (exact) mass is 379 g/mol. The molecule has 0 bridgehead atoms. The molecule has 0 saturated carbocycles. The number of amides is 2. The molecule has 1 fully saturated rings. The maximum Gasteiger partial charge on any atom is 0.270 e. The molecule has 0 spiro atoms. The highest BCUT2D eigenvalue weighted by Crippen LogP contribution is 2.18. The van der Waals surface area contributed by atoms with Crippen molar-refractivity contribution in [2.24, 2.45) is 5.92 Å². The number of rotatable bonds is 7. The molecule has 1 saturated heterocycles. The molecule has 1 aromatic rings. The van der Waals surface area contributed by atoms with E-state index in [-0.39, 0.29) is 17.2 Å². The lowest BCUT2D eigenvalue weighted by Crippen LogP contribution is -2.50. The molecule has 26 heavy (non-hydrogen) atoms. The van der Waals surface area contributed by atoms with Gasteiger partial charge in [0.15, 0.2) is 0 Å². The molecule has 1 unspecified atom stereocenters. The molecule has 0 aromatic heterocycles. The van der Waals surface area contributed by atoms with Crippen molar-refractivity contribution >= 4 is 29.3 Å². The van der Waals surface area contributed by atoms with E-state index in [2.05, 4.69) is 12.2 Å². The summed E-state index contributed by atoms with van der Waals surface area (Å²) in [5, 5.41) is 13.7. The summed E-state index contributed by atoms with van der Waals surface area (Å²) in [6.45, 7) is 3.60. The van der Waals surface area contributed by atoms with Crippen molar-refractivity contribution < 1.29 is 14.5 Å². The van der Waals surface area contributed by atoms with Gasteiger partial charge in [-0.1, -0.05) is 13.0 Å². The number of piperidine rings is 1. The van der Waals surface area contributed by atoms with Crippen LogP contribution in [0.5, 0.6) is 0 Å². The van der Waals surface area contributed by atoms with E-state index >= 15 is 0 Å². The van der Waals surface area contributed by atoms with E-state index in [4.69, 9.17) is 0 Å². The van der Waals surface area contributed by atoms with Gasteiger partial charge in [0.25, 0.3) is 11.6 Å². The molecule has 0 radical (unpaired) electrons. The van der Waals surface area contributed by atoms with Gasteiger partial charge >= 0.3 is 0 Å². The molecule has 2 rings (SSSR count). The molecular weight excluding hydrogens is 354 g/mol. The Balaban J connectivity index is 2.08. The number of nitrogens with zero attached hydrogens (tertiary/aromatic N) is 2. The minimum atomic E-state index is -0.609. The van der Waals surface area contributed by atoms with Crippen LogP contribution >= 0.6 is 11.8 Å². The summed E-state index contributed by atoms with van der Waals surface area (Å²) in [5.74, 6) is 0.835. The fourth-order valence-corrected chi connectivity index (χ4v) is 3.42. The van der Waals surface area contributed by atoms with Crippen molar-refractivity contribution in [3.63, 3.8) is 0 Å². The van der Waals surface area contributed by atoms with Gasteiger partial charge in [0, 0.05) is 30.8 Å². The standard InChI is InChI=1S/C18H25N3O4S/c1-13-6-9-20(10-7-13)18(23)16(8-11-26-2)19-17(22)14-4-3-5-15(12-14)21(24)25/h3-5,12-13,16H,6-11H2,1-2H3,(H,19,22). The number of hydrogen-bond donors (Lipinski definition) is 1. The SMILES string of the molecule is CSCCC(NC(=O)c1cccc([N+](=O)[O-])c1)C(=O)N1CCC(C)CC1. The zero-order valence-corrected chi connectivity index (χ0v) is 16.0. The highest BCUT2D eigenvalue weighted by atomic mass is 32.2. The van der Waals surface area contributed by atoms with Crippen LogP contribution < -0.4 is 5.32 Å². The van der Waals surface area contributed by atoms with Gasteiger partial charge in [-0.05, 0) is 43.3 Å². The van der Waals surface area contributed by atoms with Crippen LogP contribution in [-0.2, 0) is 4.79 Å². The molecule has 0 aliphatic carbocycles. The first kappa shape index (κ1) is 20.2. The molecule has 1 atom stereocenters. The fourth-order valence-electron chi connectivity index (χ4n) is 2.94. The molecule has 1 aliphatic rings. The number of likely N-dealkylation sites (tertiary alicyclic amines) is 1. The number of carbonyl (C=O) groups excluding carboxylic acids is 2. The van der Waals surface area contributed by atoms with Crippen LogP contribution in [0, 0.1) is 16.0 Å². The number of thioether (sulfide) groups is 1. The Morgan fingerprint density at radius 2 is 2.08 bits per heavy atom. The normalized spacial score (nSPS) is 16.2. The molecular formula is C18H25N3O4S. The Kier molecular flexibility index (Phi) is 7.44. The first-order valence-corrected chi connectivity index (χ1v) is 10.1. The van der Waals surface area contributed by atoms with E-state index in [0.29, 0.717) is 25.4 Å². The van der Waals surface area contributed by atoms with E-state index in [1.165, 1.54) is 24.3 Å². The van der Waals surface area contributed by atoms with Crippen molar-refractivity contribution in [3.05, 3.63) is 39.9 Å². The number of benzene rings is 1. The third-order valence-electron chi connectivity index (χ3n) is 4.63. The molecule has 2 amide bonds. The highest BCUT2D eigenvalue weighted by Gasteiger charge is 2.28. The van der Waals surface area contributed by atoms with Gasteiger partial charge in [0.2, 0.25) is 5.91 Å². The summed E-state index contributed by atoms with van der Waals surface area (Å²) in [6, 6.07) is 4.94. The Hall–Kier alpha value is -2.09. The van der Waals surface area contributed by atoms with Crippen molar-refractivity contribution in [2.75, 3.05) is 25.1 Å². The molecule has 7 nitrogen and oxygen atoms in total. The lowest BCUT2D eigenvalue weighted by atomic mass is 9.98. The van der Waals surface area contributed by atoms with Crippen molar-refractivity contribution in [2.45, 2.75) is 32.2 Å². The quantitative estimate of drug-likeness (QED) is 0.581. The molecule has 1 aliphatic heterocycles. The zero-order valence-electron chi connectivity index (χ0n) is 15.1. The van der Waals surface area contributed by atoms with E-state index in [0.717, 1.165) is 18.6 Å². The maximum absolute atomic E-state index is 12.8. The number of nitrogens with one attached hydrogen (secondary N) is 1. The van der Waals surface area contributed by atoms with Crippen molar-refractivity contribution in [1.82, 2.24) is 10.2 Å².